The molecule has 1 aromatic heterocycles. The summed E-state index contributed by atoms with van der Waals surface area (Å²) < 4.78 is 0. The number of amides is 2. The molecule has 0 radical (unpaired) electrons. The first kappa shape index (κ1) is 15.0. The van der Waals surface area contributed by atoms with Gasteiger partial charge in [-0.25, -0.2) is 0 Å². The third-order valence-corrected chi connectivity index (χ3v) is 4.73. The first-order valence-electron chi connectivity index (χ1n) is 8.29. The predicted molar refractivity (Wildman–Crippen MR) is 85.4 cm³/mol. The van der Waals surface area contributed by atoms with Crippen molar-refractivity contribution in [3.63, 3.8) is 0 Å². The van der Waals surface area contributed by atoms with Gasteiger partial charge in [-0.2, -0.15) is 0 Å². The number of hydrogen-bond acceptors (Lipinski definition) is 3. The van der Waals surface area contributed by atoms with Crippen molar-refractivity contribution in [2.45, 2.75) is 51.4 Å². The van der Waals surface area contributed by atoms with E-state index in [1.54, 1.807) is 18.5 Å². The maximum atomic E-state index is 12.1. The van der Waals surface area contributed by atoms with Crippen molar-refractivity contribution in [1.82, 2.24) is 4.98 Å². The molecule has 0 unspecified atom stereocenters. The van der Waals surface area contributed by atoms with E-state index >= 15 is 0 Å². The second-order valence-electron chi connectivity index (χ2n) is 6.40. The smallest absolute Gasteiger partial charge is 0.227 e. The molecule has 2 aliphatic carbocycles. The summed E-state index contributed by atoms with van der Waals surface area (Å²) in [6.07, 6.45) is 11.7. The fourth-order valence-electron chi connectivity index (χ4n) is 3.44. The molecule has 3 rings (SSSR count). The number of hydrogen-bond donors (Lipinski definition) is 2. The highest BCUT2D eigenvalue weighted by molar-refractivity contribution is 5.95. The van der Waals surface area contributed by atoms with Gasteiger partial charge < -0.3 is 10.6 Å². The van der Waals surface area contributed by atoms with Crippen molar-refractivity contribution in [2.24, 2.45) is 11.8 Å². The first-order valence-corrected chi connectivity index (χ1v) is 8.29. The molecule has 0 atom stereocenters. The second kappa shape index (κ2) is 6.90. The fraction of sp³-hybridized carbons (Fsp3) is 0.588. The van der Waals surface area contributed by atoms with Crippen molar-refractivity contribution in [1.29, 1.82) is 0 Å². The normalized spacial score (nSPS) is 19.3. The minimum atomic E-state index is 0.0681. The number of nitrogens with zero attached hydrogens (tertiary/aromatic N) is 1. The predicted octanol–water partition coefficient (Wildman–Crippen LogP) is 3.34. The van der Waals surface area contributed by atoms with Gasteiger partial charge in [0, 0.05) is 11.8 Å². The molecule has 1 heterocycles. The van der Waals surface area contributed by atoms with Gasteiger partial charge >= 0.3 is 0 Å². The lowest BCUT2D eigenvalue weighted by Gasteiger charge is -2.13. The third kappa shape index (κ3) is 3.64. The lowest BCUT2D eigenvalue weighted by molar-refractivity contribution is -0.120. The fourth-order valence-corrected chi connectivity index (χ4v) is 3.44. The Labute approximate surface area is 130 Å². The minimum absolute atomic E-state index is 0.0681. The van der Waals surface area contributed by atoms with Gasteiger partial charge in [-0.1, -0.05) is 25.7 Å². The molecule has 5 nitrogen and oxygen atoms in total. The molecule has 2 amide bonds. The lowest BCUT2D eigenvalue weighted by Crippen LogP contribution is -2.22. The van der Waals surface area contributed by atoms with Crippen LogP contribution in [0, 0.1) is 11.8 Å². The van der Waals surface area contributed by atoms with E-state index in [0.717, 1.165) is 51.4 Å². The van der Waals surface area contributed by atoms with E-state index < -0.39 is 0 Å². The summed E-state index contributed by atoms with van der Waals surface area (Å²) in [5, 5.41) is 5.83. The monoisotopic (exact) mass is 301 g/mol. The van der Waals surface area contributed by atoms with Gasteiger partial charge in [-0.05, 0) is 31.7 Å². The topological polar surface area (TPSA) is 71.1 Å². The van der Waals surface area contributed by atoms with Crippen LogP contribution in [0.4, 0.5) is 11.4 Å². The number of rotatable bonds is 4. The van der Waals surface area contributed by atoms with Crippen molar-refractivity contribution in [3.05, 3.63) is 18.5 Å². The van der Waals surface area contributed by atoms with Crippen molar-refractivity contribution >= 4 is 23.2 Å². The zero-order valence-corrected chi connectivity index (χ0v) is 12.8. The largest absolute Gasteiger partial charge is 0.324 e. The number of carbonyl (C=O) groups excluding carboxylic acids is 2. The highest BCUT2D eigenvalue weighted by atomic mass is 16.2. The second-order valence-corrected chi connectivity index (χ2v) is 6.40. The number of anilines is 2. The first-order chi connectivity index (χ1) is 10.7. The Morgan fingerprint density at radius 3 is 1.64 bits per heavy atom. The number of nitrogens with one attached hydrogen (secondary N) is 2. The Bertz CT molecular complexity index is 501. The van der Waals surface area contributed by atoms with Crippen LogP contribution in [-0.2, 0) is 9.59 Å². The van der Waals surface area contributed by atoms with Gasteiger partial charge in [-0.3, -0.25) is 14.6 Å². The van der Waals surface area contributed by atoms with Crippen LogP contribution in [0.5, 0.6) is 0 Å². The average molecular weight is 301 g/mol. The van der Waals surface area contributed by atoms with E-state index in [4.69, 9.17) is 0 Å². The van der Waals surface area contributed by atoms with Gasteiger partial charge in [0.2, 0.25) is 11.8 Å². The quantitative estimate of drug-likeness (QED) is 0.896. The Hall–Kier alpha value is -1.91. The molecular formula is C17H23N3O2. The summed E-state index contributed by atoms with van der Waals surface area (Å²) in [6.45, 7) is 0. The molecule has 2 N–H and O–H groups in total. The van der Waals surface area contributed by atoms with Crippen LogP contribution in [0.15, 0.2) is 18.5 Å². The summed E-state index contributed by atoms with van der Waals surface area (Å²) in [5.74, 6) is 0.380. The highest BCUT2D eigenvalue weighted by Gasteiger charge is 2.24. The highest BCUT2D eigenvalue weighted by Crippen LogP contribution is 2.27. The van der Waals surface area contributed by atoms with Crippen LogP contribution < -0.4 is 10.6 Å². The molecule has 5 heteroatoms. The van der Waals surface area contributed by atoms with Gasteiger partial charge in [0.15, 0.2) is 0 Å². The van der Waals surface area contributed by atoms with Gasteiger partial charge in [-0.15, -0.1) is 0 Å². The number of pyridine rings is 1. The van der Waals surface area contributed by atoms with Crippen LogP contribution in [0.3, 0.4) is 0 Å². The van der Waals surface area contributed by atoms with Crippen molar-refractivity contribution < 1.29 is 9.59 Å². The van der Waals surface area contributed by atoms with Crippen LogP contribution in [0.2, 0.25) is 0 Å². The summed E-state index contributed by atoms with van der Waals surface area (Å²) in [6, 6.07) is 1.78. The Balaban J connectivity index is 1.59. The van der Waals surface area contributed by atoms with Crippen molar-refractivity contribution in [3.8, 4) is 0 Å². The molecule has 118 valence electrons. The number of aromatic nitrogens is 1. The van der Waals surface area contributed by atoms with E-state index in [0.29, 0.717) is 11.4 Å². The molecule has 22 heavy (non-hydrogen) atoms. The Morgan fingerprint density at radius 1 is 0.818 bits per heavy atom. The lowest BCUT2D eigenvalue weighted by atomic mass is 10.1. The van der Waals surface area contributed by atoms with E-state index in [2.05, 4.69) is 15.6 Å². The molecular weight excluding hydrogens is 278 g/mol. The molecule has 0 aromatic carbocycles. The van der Waals surface area contributed by atoms with Crippen LogP contribution in [-0.4, -0.2) is 16.8 Å². The van der Waals surface area contributed by atoms with Gasteiger partial charge in [0.25, 0.3) is 0 Å². The standard InChI is InChI=1S/C17H23N3O2/c21-16(12-5-1-2-6-12)19-14-9-15(11-18-10-14)20-17(22)13-7-3-4-8-13/h9-13H,1-8H2,(H,19,21)(H,20,22). The van der Waals surface area contributed by atoms with E-state index in [1.807, 2.05) is 0 Å². The van der Waals surface area contributed by atoms with Gasteiger partial charge in [0.1, 0.15) is 0 Å². The minimum Gasteiger partial charge on any atom is -0.324 e. The molecule has 0 bridgehead atoms. The maximum absolute atomic E-state index is 12.1. The Morgan fingerprint density at radius 2 is 1.23 bits per heavy atom. The maximum Gasteiger partial charge on any atom is 0.227 e. The average Bonchev–Trinajstić information content (AvgIpc) is 3.21. The molecule has 0 aliphatic heterocycles. The molecule has 2 saturated carbocycles. The van der Waals surface area contributed by atoms with Crippen molar-refractivity contribution in [2.75, 3.05) is 10.6 Å². The third-order valence-electron chi connectivity index (χ3n) is 4.73. The molecule has 0 spiro atoms. The zero-order valence-electron chi connectivity index (χ0n) is 12.8. The summed E-state index contributed by atoms with van der Waals surface area (Å²) in [4.78, 5) is 28.4. The molecule has 1 aromatic rings. The molecule has 2 fully saturated rings. The van der Waals surface area contributed by atoms with Crippen LogP contribution >= 0.6 is 0 Å². The summed E-state index contributed by atoms with van der Waals surface area (Å²) in [5.41, 5.74) is 1.31. The Kier molecular flexibility index (Phi) is 4.71. The van der Waals surface area contributed by atoms with Crippen LogP contribution in [0.25, 0.3) is 0 Å². The number of carbonyl (C=O) groups is 2. The summed E-state index contributed by atoms with van der Waals surface area (Å²) in [7, 11) is 0. The van der Waals surface area contributed by atoms with Crippen LogP contribution in [0.1, 0.15) is 51.4 Å². The SMILES string of the molecule is O=C(Nc1cncc(NC(=O)C2CCCC2)c1)C1CCCC1. The molecule has 0 saturated heterocycles. The zero-order chi connectivity index (χ0) is 15.4. The van der Waals surface area contributed by atoms with E-state index in [9.17, 15) is 9.59 Å². The van der Waals surface area contributed by atoms with E-state index in [1.165, 1.54) is 0 Å². The summed E-state index contributed by atoms with van der Waals surface area (Å²) >= 11 is 0. The van der Waals surface area contributed by atoms with Gasteiger partial charge in [0.05, 0.1) is 23.8 Å². The molecule has 2 aliphatic rings. The van der Waals surface area contributed by atoms with E-state index in [-0.39, 0.29) is 23.7 Å².